The maximum absolute atomic E-state index is 12.6. The minimum Gasteiger partial charge on any atom is -0.473 e. The van der Waals surface area contributed by atoms with Crippen LogP contribution in [-0.4, -0.2) is 53.0 Å². The van der Waals surface area contributed by atoms with Gasteiger partial charge in [0, 0.05) is 43.6 Å². The van der Waals surface area contributed by atoms with Gasteiger partial charge in [-0.3, -0.25) is 4.90 Å². The lowest BCUT2D eigenvalue weighted by Crippen LogP contribution is -2.53. The van der Waals surface area contributed by atoms with Gasteiger partial charge in [-0.15, -0.1) is 0 Å². The van der Waals surface area contributed by atoms with Crippen LogP contribution in [0.5, 0.6) is 5.88 Å². The van der Waals surface area contributed by atoms with Crippen LogP contribution in [-0.2, 0) is 6.61 Å². The molecular formula is C20H24N4O2. The summed E-state index contributed by atoms with van der Waals surface area (Å²) in [6.07, 6.45) is 4.09. The van der Waals surface area contributed by atoms with Gasteiger partial charge in [0.05, 0.1) is 0 Å². The van der Waals surface area contributed by atoms with E-state index in [0.29, 0.717) is 24.2 Å². The number of nitrogens with one attached hydrogen (secondary N) is 1. The Morgan fingerprint density at radius 2 is 2.08 bits per heavy atom. The number of pyridine rings is 1. The average Bonchev–Trinajstić information content (AvgIpc) is 3.15. The quantitative estimate of drug-likeness (QED) is 0.919. The van der Waals surface area contributed by atoms with E-state index < -0.39 is 0 Å². The van der Waals surface area contributed by atoms with Gasteiger partial charge < -0.3 is 15.0 Å². The summed E-state index contributed by atoms with van der Waals surface area (Å²) < 4.78 is 5.73. The van der Waals surface area contributed by atoms with Crippen LogP contribution in [0.2, 0.25) is 0 Å². The Morgan fingerprint density at radius 3 is 2.96 bits per heavy atom. The smallest absolute Gasteiger partial charge is 0.321 e. The van der Waals surface area contributed by atoms with Gasteiger partial charge in [0.15, 0.2) is 0 Å². The fourth-order valence-corrected chi connectivity index (χ4v) is 3.68. The number of fused-ring (bicyclic) bond motifs is 1. The number of benzene rings is 1. The molecule has 0 aliphatic carbocycles. The zero-order valence-corrected chi connectivity index (χ0v) is 14.8. The molecule has 2 aliphatic rings. The van der Waals surface area contributed by atoms with Crippen molar-refractivity contribution in [2.75, 3.05) is 31.5 Å². The van der Waals surface area contributed by atoms with Crippen molar-refractivity contribution in [2.24, 2.45) is 0 Å². The molecule has 0 spiro atoms. The highest BCUT2D eigenvalue weighted by Crippen LogP contribution is 2.22. The summed E-state index contributed by atoms with van der Waals surface area (Å²) in [5.74, 6) is 0.507. The number of nitrogens with zero attached hydrogens (tertiary/aromatic N) is 3. The highest BCUT2D eigenvalue weighted by molar-refractivity contribution is 5.89. The third-order valence-corrected chi connectivity index (χ3v) is 5.09. The zero-order chi connectivity index (χ0) is 17.8. The first-order chi connectivity index (χ1) is 12.8. The van der Waals surface area contributed by atoms with Gasteiger partial charge >= 0.3 is 6.03 Å². The van der Waals surface area contributed by atoms with E-state index in [1.165, 1.54) is 19.4 Å². The number of amides is 2. The monoisotopic (exact) mass is 352 g/mol. The predicted octanol–water partition coefficient (Wildman–Crippen LogP) is 2.97. The first kappa shape index (κ1) is 16.8. The summed E-state index contributed by atoms with van der Waals surface area (Å²) in [6, 6.07) is 14.0. The average molecular weight is 352 g/mol. The summed E-state index contributed by atoms with van der Waals surface area (Å²) in [7, 11) is 0. The van der Waals surface area contributed by atoms with Gasteiger partial charge in [-0.2, -0.15) is 0 Å². The highest BCUT2D eigenvalue weighted by atomic mass is 16.5. The molecule has 1 aromatic heterocycles. The maximum atomic E-state index is 12.6. The number of hydrogen-bond donors (Lipinski definition) is 1. The predicted molar refractivity (Wildman–Crippen MR) is 100 cm³/mol. The molecule has 2 aliphatic heterocycles. The van der Waals surface area contributed by atoms with Crippen molar-refractivity contribution < 1.29 is 9.53 Å². The van der Waals surface area contributed by atoms with E-state index >= 15 is 0 Å². The van der Waals surface area contributed by atoms with Gasteiger partial charge in [-0.25, -0.2) is 9.78 Å². The summed E-state index contributed by atoms with van der Waals surface area (Å²) in [6.45, 7) is 4.19. The van der Waals surface area contributed by atoms with Crippen LogP contribution in [0.1, 0.15) is 18.4 Å². The van der Waals surface area contributed by atoms with Gasteiger partial charge in [0.25, 0.3) is 0 Å². The molecule has 1 N–H and O–H groups in total. The summed E-state index contributed by atoms with van der Waals surface area (Å²) in [5, 5.41) is 2.98. The molecule has 1 atom stereocenters. The first-order valence-corrected chi connectivity index (χ1v) is 9.21. The van der Waals surface area contributed by atoms with E-state index in [4.69, 9.17) is 4.74 Å². The number of anilines is 1. The van der Waals surface area contributed by atoms with Crippen molar-refractivity contribution in [3.05, 3.63) is 54.2 Å². The number of ether oxygens (including phenoxy) is 1. The van der Waals surface area contributed by atoms with Gasteiger partial charge in [0.2, 0.25) is 5.88 Å². The second-order valence-electron chi connectivity index (χ2n) is 6.87. The Hall–Kier alpha value is -2.60. The van der Waals surface area contributed by atoms with Gasteiger partial charge in [-0.05, 0) is 31.0 Å². The van der Waals surface area contributed by atoms with Crippen molar-refractivity contribution in [1.29, 1.82) is 0 Å². The molecule has 1 aromatic carbocycles. The topological polar surface area (TPSA) is 57.7 Å². The lowest BCUT2D eigenvalue weighted by Gasteiger charge is -2.37. The molecule has 4 rings (SSSR count). The van der Waals surface area contributed by atoms with Crippen LogP contribution in [0.25, 0.3) is 0 Å². The number of carbonyl (C=O) groups is 1. The summed E-state index contributed by atoms with van der Waals surface area (Å²) >= 11 is 0. The van der Waals surface area contributed by atoms with Crippen LogP contribution in [0, 0.1) is 0 Å². The molecule has 2 fully saturated rings. The van der Waals surface area contributed by atoms with E-state index in [-0.39, 0.29) is 6.03 Å². The largest absolute Gasteiger partial charge is 0.473 e. The molecule has 3 heterocycles. The fraction of sp³-hybridized carbons (Fsp3) is 0.400. The molecule has 6 heteroatoms. The Balaban J connectivity index is 1.33. The molecule has 2 saturated heterocycles. The fourth-order valence-electron chi connectivity index (χ4n) is 3.68. The lowest BCUT2D eigenvalue weighted by molar-refractivity contribution is 0.124. The minimum absolute atomic E-state index is 0.0447. The van der Waals surface area contributed by atoms with Crippen molar-refractivity contribution in [3.63, 3.8) is 0 Å². The number of rotatable bonds is 4. The molecule has 26 heavy (non-hydrogen) atoms. The van der Waals surface area contributed by atoms with Crippen molar-refractivity contribution in [3.8, 4) is 5.88 Å². The van der Waals surface area contributed by atoms with E-state index in [9.17, 15) is 4.79 Å². The number of hydrogen-bond acceptors (Lipinski definition) is 4. The number of carbonyl (C=O) groups excluding carboxylic acids is 1. The Kier molecular flexibility index (Phi) is 5.02. The second-order valence-corrected chi connectivity index (χ2v) is 6.87. The third-order valence-electron chi connectivity index (χ3n) is 5.09. The lowest BCUT2D eigenvalue weighted by atomic mass is 10.1. The van der Waals surface area contributed by atoms with Crippen LogP contribution < -0.4 is 10.1 Å². The summed E-state index contributed by atoms with van der Waals surface area (Å²) in [5.41, 5.74) is 1.79. The van der Waals surface area contributed by atoms with Crippen molar-refractivity contribution >= 4 is 11.7 Å². The molecule has 1 unspecified atom stereocenters. The standard InChI is InChI=1S/C20H24N4O2/c25-20(24-12-11-23-10-4-7-18(23)14-24)22-17-8-9-21-19(13-17)26-15-16-5-2-1-3-6-16/h1-3,5-6,8-9,13,18H,4,7,10-12,14-15H2,(H,21,22,25). The number of aromatic nitrogens is 1. The molecule has 6 nitrogen and oxygen atoms in total. The second kappa shape index (κ2) is 7.74. The Labute approximate surface area is 153 Å². The number of piperazine rings is 1. The highest BCUT2D eigenvalue weighted by Gasteiger charge is 2.32. The van der Waals surface area contributed by atoms with Gasteiger partial charge in [0.1, 0.15) is 6.61 Å². The van der Waals surface area contributed by atoms with E-state index in [1.54, 1.807) is 18.3 Å². The Morgan fingerprint density at radius 1 is 1.19 bits per heavy atom. The third kappa shape index (κ3) is 3.96. The van der Waals surface area contributed by atoms with Crippen LogP contribution in [0.4, 0.5) is 10.5 Å². The number of urea groups is 1. The van der Waals surface area contributed by atoms with Gasteiger partial charge in [-0.1, -0.05) is 30.3 Å². The van der Waals surface area contributed by atoms with E-state index in [1.807, 2.05) is 35.2 Å². The molecular weight excluding hydrogens is 328 g/mol. The van der Waals surface area contributed by atoms with E-state index in [2.05, 4.69) is 15.2 Å². The molecule has 2 aromatic rings. The van der Waals surface area contributed by atoms with E-state index in [0.717, 1.165) is 25.2 Å². The minimum atomic E-state index is -0.0447. The van der Waals surface area contributed by atoms with Crippen molar-refractivity contribution in [1.82, 2.24) is 14.8 Å². The molecule has 0 bridgehead atoms. The maximum Gasteiger partial charge on any atom is 0.321 e. The normalized spacial score (nSPS) is 19.8. The van der Waals surface area contributed by atoms with Crippen LogP contribution in [0.15, 0.2) is 48.7 Å². The Bertz CT molecular complexity index is 752. The molecule has 2 amide bonds. The van der Waals surface area contributed by atoms with Crippen LogP contribution in [0.3, 0.4) is 0 Å². The zero-order valence-electron chi connectivity index (χ0n) is 14.8. The van der Waals surface area contributed by atoms with Crippen molar-refractivity contribution in [2.45, 2.75) is 25.5 Å². The SMILES string of the molecule is O=C(Nc1ccnc(OCc2ccccc2)c1)N1CCN2CCCC2C1. The molecule has 136 valence electrons. The summed E-state index contributed by atoms with van der Waals surface area (Å²) in [4.78, 5) is 21.2. The molecule has 0 saturated carbocycles. The van der Waals surface area contributed by atoms with Crippen LogP contribution >= 0.6 is 0 Å². The molecule has 0 radical (unpaired) electrons. The first-order valence-electron chi connectivity index (χ1n) is 9.21.